The molecule has 2 nitrogen and oxygen atoms in total. The second kappa shape index (κ2) is 5.96. The van der Waals surface area contributed by atoms with Gasteiger partial charge in [-0.2, -0.15) is 0 Å². The van der Waals surface area contributed by atoms with Crippen molar-refractivity contribution in [1.29, 1.82) is 0 Å². The van der Waals surface area contributed by atoms with Gasteiger partial charge in [0.2, 0.25) is 0 Å². The van der Waals surface area contributed by atoms with Crippen molar-refractivity contribution in [3.05, 3.63) is 45.9 Å². The van der Waals surface area contributed by atoms with Crippen LogP contribution in [-0.4, -0.2) is 4.98 Å². The summed E-state index contributed by atoms with van der Waals surface area (Å²) in [4.78, 5) is 4.61. The van der Waals surface area contributed by atoms with Crippen LogP contribution in [0, 0.1) is 0 Å². The molecule has 0 aliphatic carbocycles. The van der Waals surface area contributed by atoms with Gasteiger partial charge in [0, 0.05) is 11.3 Å². The van der Waals surface area contributed by atoms with Crippen LogP contribution in [0.2, 0.25) is 0 Å². The number of rotatable bonds is 4. The minimum Gasteiger partial charge on any atom is -0.487 e. The molecule has 0 atom stereocenters. The van der Waals surface area contributed by atoms with Crippen molar-refractivity contribution in [1.82, 2.24) is 4.98 Å². The molecule has 0 saturated carbocycles. The zero-order chi connectivity index (χ0) is 14.8. The Balaban J connectivity index is 2.11. The summed E-state index contributed by atoms with van der Waals surface area (Å²) in [6.07, 6.45) is 0. The molecule has 0 aliphatic heterocycles. The zero-order valence-corrected chi connectivity index (χ0v) is 13.8. The molecule has 0 radical (unpaired) electrons. The molecule has 0 bridgehead atoms. The highest BCUT2D eigenvalue weighted by atomic mass is 32.1. The van der Waals surface area contributed by atoms with E-state index < -0.39 is 0 Å². The lowest BCUT2D eigenvalue weighted by molar-refractivity contribution is 0.293. The first-order valence-electron chi connectivity index (χ1n) is 7.04. The van der Waals surface area contributed by atoms with Gasteiger partial charge in [0.05, 0.1) is 10.7 Å². The summed E-state index contributed by atoms with van der Waals surface area (Å²) in [5.41, 5.74) is 2.34. The van der Waals surface area contributed by atoms with Gasteiger partial charge < -0.3 is 4.74 Å². The Morgan fingerprint density at radius 3 is 2.50 bits per heavy atom. The van der Waals surface area contributed by atoms with Crippen LogP contribution in [-0.2, 0) is 12.0 Å². The van der Waals surface area contributed by atoms with Crippen molar-refractivity contribution in [2.24, 2.45) is 0 Å². The van der Waals surface area contributed by atoms with Crippen LogP contribution >= 0.6 is 11.3 Å². The van der Waals surface area contributed by atoms with Crippen LogP contribution in [0.5, 0.6) is 5.75 Å². The van der Waals surface area contributed by atoms with E-state index in [2.05, 4.69) is 57.1 Å². The molecule has 2 aromatic rings. The van der Waals surface area contributed by atoms with Crippen LogP contribution in [0.1, 0.15) is 56.8 Å². The molecule has 1 heterocycles. The van der Waals surface area contributed by atoms with Crippen molar-refractivity contribution in [2.45, 2.75) is 52.6 Å². The Morgan fingerprint density at radius 1 is 1.20 bits per heavy atom. The van der Waals surface area contributed by atoms with E-state index in [4.69, 9.17) is 4.74 Å². The second-order valence-corrected chi connectivity index (χ2v) is 7.26. The molecular weight excluding hydrogens is 266 g/mol. The largest absolute Gasteiger partial charge is 0.487 e. The third-order valence-corrected chi connectivity index (χ3v) is 4.33. The average Bonchev–Trinajstić information content (AvgIpc) is 2.84. The maximum Gasteiger partial charge on any atom is 0.131 e. The molecule has 0 aliphatic rings. The van der Waals surface area contributed by atoms with Crippen LogP contribution in [0.3, 0.4) is 0 Å². The van der Waals surface area contributed by atoms with Gasteiger partial charge in [0.1, 0.15) is 12.4 Å². The third kappa shape index (κ3) is 3.60. The number of nitrogens with zero attached hydrogens (tertiary/aromatic N) is 1. The molecule has 2 rings (SSSR count). The Kier molecular flexibility index (Phi) is 4.48. The number of benzene rings is 1. The minimum atomic E-state index is 0.0851. The topological polar surface area (TPSA) is 22.1 Å². The highest BCUT2D eigenvalue weighted by molar-refractivity contribution is 7.09. The van der Waals surface area contributed by atoms with Crippen LogP contribution in [0.15, 0.2) is 29.6 Å². The number of ether oxygens (including phenoxy) is 1. The van der Waals surface area contributed by atoms with E-state index in [0.717, 1.165) is 11.4 Å². The van der Waals surface area contributed by atoms with Crippen LogP contribution in [0.25, 0.3) is 0 Å². The van der Waals surface area contributed by atoms with Crippen LogP contribution in [0.4, 0.5) is 0 Å². The summed E-state index contributed by atoms with van der Waals surface area (Å²) in [6.45, 7) is 11.5. The average molecular weight is 289 g/mol. The number of hydrogen-bond acceptors (Lipinski definition) is 3. The van der Waals surface area contributed by atoms with Gasteiger partial charge in [-0.3, -0.25) is 0 Å². The highest BCUT2D eigenvalue weighted by Crippen LogP contribution is 2.31. The molecule has 0 spiro atoms. The van der Waals surface area contributed by atoms with Crippen LogP contribution < -0.4 is 4.74 Å². The van der Waals surface area contributed by atoms with Gasteiger partial charge in [-0.15, -0.1) is 11.3 Å². The minimum absolute atomic E-state index is 0.0851. The number of aromatic nitrogens is 1. The molecule has 108 valence electrons. The fraction of sp³-hybridized carbons (Fsp3) is 0.471. The van der Waals surface area contributed by atoms with E-state index in [1.54, 1.807) is 11.3 Å². The van der Waals surface area contributed by atoms with Gasteiger partial charge in [0.15, 0.2) is 0 Å². The monoisotopic (exact) mass is 289 g/mol. The predicted molar refractivity (Wildman–Crippen MR) is 85.7 cm³/mol. The fourth-order valence-electron chi connectivity index (χ4n) is 2.02. The van der Waals surface area contributed by atoms with E-state index in [-0.39, 0.29) is 5.41 Å². The van der Waals surface area contributed by atoms with Gasteiger partial charge >= 0.3 is 0 Å². The maximum atomic E-state index is 5.99. The second-order valence-electron chi connectivity index (χ2n) is 6.37. The number of thiazole rings is 1. The predicted octanol–water partition coefficient (Wildman–Crippen LogP) is 5.14. The molecular formula is C17H23NOS. The Bertz CT molecular complexity index is 566. The normalized spacial score (nSPS) is 11.9. The van der Waals surface area contributed by atoms with E-state index >= 15 is 0 Å². The maximum absolute atomic E-state index is 5.99. The molecule has 1 aromatic heterocycles. The fourth-order valence-corrected chi connectivity index (χ4v) is 2.84. The first-order valence-corrected chi connectivity index (χ1v) is 7.92. The van der Waals surface area contributed by atoms with Crippen molar-refractivity contribution < 1.29 is 4.74 Å². The molecule has 20 heavy (non-hydrogen) atoms. The van der Waals surface area contributed by atoms with Crippen molar-refractivity contribution >= 4 is 11.3 Å². The summed E-state index contributed by atoms with van der Waals surface area (Å²) in [6, 6.07) is 8.25. The highest BCUT2D eigenvalue weighted by Gasteiger charge is 2.18. The van der Waals surface area contributed by atoms with Gasteiger partial charge in [0.25, 0.3) is 0 Å². The van der Waals surface area contributed by atoms with Crippen molar-refractivity contribution in [3.8, 4) is 5.75 Å². The van der Waals surface area contributed by atoms with E-state index in [0.29, 0.717) is 12.5 Å². The van der Waals surface area contributed by atoms with E-state index in [9.17, 15) is 0 Å². The summed E-state index contributed by atoms with van der Waals surface area (Å²) >= 11 is 1.71. The van der Waals surface area contributed by atoms with Gasteiger partial charge in [-0.05, 0) is 17.0 Å². The molecule has 0 unspecified atom stereocenters. The first kappa shape index (κ1) is 15.0. The summed E-state index contributed by atoms with van der Waals surface area (Å²) in [7, 11) is 0. The van der Waals surface area contributed by atoms with Gasteiger partial charge in [-0.25, -0.2) is 4.98 Å². The molecule has 3 heteroatoms. The lowest BCUT2D eigenvalue weighted by Gasteiger charge is -2.22. The Labute approximate surface area is 125 Å². The van der Waals surface area contributed by atoms with E-state index in [1.807, 2.05) is 12.1 Å². The quantitative estimate of drug-likeness (QED) is 0.777. The first-order chi connectivity index (χ1) is 9.38. The number of hydrogen-bond donors (Lipinski definition) is 0. The number of para-hydroxylation sites is 1. The van der Waals surface area contributed by atoms with Crippen molar-refractivity contribution in [2.75, 3.05) is 0 Å². The van der Waals surface area contributed by atoms with Crippen molar-refractivity contribution in [3.63, 3.8) is 0 Å². The smallest absolute Gasteiger partial charge is 0.131 e. The molecule has 0 N–H and O–H groups in total. The molecule has 1 aromatic carbocycles. The summed E-state index contributed by atoms with van der Waals surface area (Å²) in [5.74, 6) is 1.44. The van der Waals surface area contributed by atoms with Gasteiger partial charge in [-0.1, -0.05) is 52.8 Å². The Morgan fingerprint density at radius 2 is 1.90 bits per heavy atom. The standard InChI is InChI=1S/C17H23NOS/c1-12(2)16-18-13(11-20-16)10-19-15-9-7-6-8-14(15)17(3,4)5/h6-9,11-12H,10H2,1-5H3. The SMILES string of the molecule is CC(C)c1nc(COc2ccccc2C(C)(C)C)cs1. The molecule has 0 saturated heterocycles. The molecule has 0 amide bonds. The summed E-state index contributed by atoms with van der Waals surface area (Å²) in [5, 5.41) is 3.27. The lowest BCUT2D eigenvalue weighted by atomic mass is 9.86. The zero-order valence-electron chi connectivity index (χ0n) is 12.9. The Hall–Kier alpha value is -1.35. The third-order valence-electron chi connectivity index (χ3n) is 3.13. The summed E-state index contributed by atoms with van der Waals surface area (Å²) < 4.78 is 5.99. The molecule has 0 fully saturated rings. The lowest BCUT2D eigenvalue weighted by Crippen LogP contribution is -2.13. The van der Waals surface area contributed by atoms with E-state index in [1.165, 1.54) is 10.6 Å².